The Hall–Kier alpha value is -0.120. The number of hydrogen-bond donors (Lipinski definition) is 1. The number of ether oxygens (including phenoxy) is 3. The number of rotatable bonds is 6. The van der Waals surface area contributed by atoms with Crippen LogP contribution in [0.3, 0.4) is 0 Å². The molecular weight excluding hydrogens is 385 g/mol. The van der Waals surface area contributed by atoms with Crippen LogP contribution in [0.5, 0.6) is 0 Å². The molecule has 0 aromatic carbocycles. The Balaban J connectivity index is 0.00000220. The first-order valence-electron chi connectivity index (χ1n) is 7.64. The van der Waals surface area contributed by atoms with Gasteiger partial charge < -0.3 is 24.8 Å². The predicted molar refractivity (Wildman–Crippen MR) is 93.3 cm³/mol. The zero-order valence-electron chi connectivity index (χ0n) is 12.7. The van der Waals surface area contributed by atoms with Crippen molar-refractivity contribution in [3.05, 3.63) is 0 Å². The molecule has 2 saturated heterocycles. The minimum Gasteiger partial charge on any atom is -0.381 e. The smallest absolute Gasteiger partial charge is 0.191 e. The molecule has 0 aromatic heterocycles. The van der Waals surface area contributed by atoms with Gasteiger partial charge in [0.1, 0.15) is 0 Å². The van der Waals surface area contributed by atoms with Crippen molar-refractivity contribution in [2.24, 2.45) is 16.6 Å². The largest absolute Gasteiger partial charge is 0.381 e. The van der Waals surface area contributed by atoms with Gasteiger partial charge in [-0.25, -0.2) is 0 Å². The van der Waals surface area contributed by atoms with Crippen LogP contribution in [0.25, 0.3) is 0 Å². The second-order valence-corrected chi connectivity index (χ2v) is 5.32. The van der Waals surface area contributed by atoms with E-state index >= 15 is 0 Å². The van der Waals surface area contributed by atoms with Crippen molar-refractivity contribution in [1.29, 1.82) is 0 Å². The van der Waals surface area contributed by atoms with E-state index in [0.717, 1.165) is 78.5 Å². The van der Waals surface area contributed by atoms with Crippen LogP contribution in [0.15, 0.2) is 4.99 Å². The number of guanidine groups is 1. The summed E-state index contributed by atoms with van der Waals surface area (Å²) >= 11 is 0. The van der Waals surface area contributed by atoms with E-state index in [1.807, 2.05) is 0 Å². The number of morpholine rings is 1. The second kappa shape index (κ2) is 11.4. The Kier molecular flexibility index (Phi) is 10.3. The molecule has 6 nitrogen and oxygen atoms in total. The van der Waals surface area contributed by atoms with Crippen LogP contribution in [0.2, 0.25) is 0 Å². The van der Waals surface area contributed by atoms with Gasteiger partial charge in [0.05, 0.1) is 13.2 Å². The Morgan fingerprint density at radius 1 is 1.14 bits per heavy atom. The molecule has 0 saturated carbocycles. The van der Waals surface area contributed by atoms with Gasteiger partial charge in [0, 0.05) is 46.1 Å². The fourth-order valence-corrected chi connectivity index (χ4v) is 2.42. The topological polar surface area (TPSA) is 69.3 Å². The molecule has 2 aliphatic rings. The molecule has 0 radical (unpaired) electrons. The lowest BCUT2D eigenvalue weighted by atomic mass is 10.0. The van der Waals surface area contributed by atoms with E-state index in [4.69, 9.17) is 19.9 Å². The molecule has 7 heteroatoms. The number of nitrogens with two attached hydrogens (primary N) is 1. The molecular formula is C14H28IN3O3. The third-order valence-electron chi connectivity index (χ3n) is 3.75. The summed E-state index contributed by atoms with van der Waals surface area (Å²) in [7, 11) is 0. The first-order chi connectivity index (χ1) is 9.86. The fourth-order valence-electron chi connectivity index (χ4n) is 2.42. The van der Waals surface area contributed by atoms with Crippen LogP contribution in [0, 0.1) is 5.92 Å². The molecule has 0 bridgehead atoms. The summed E-state index contributed by atoms with van der Waals surface area (Å²) in [6.07, 6.45) is 3.18. The van der Waals surface area contributed by atoms with E-state index in [-0.39, 0.29) is 24.0 Å². The summed E-state index contributed by atoms with van der Waals surface area (Å²) in [5.41, 5.74) is 5.95. The van der Waals surface area contributed by atoms with E-state index < -0.39 is 0 Å². The minimum absolute atomic E-state index is 0. The zero-order valence-corrected chi connectivity index (χ0v) is 15.0. The third-order valence-corrected chi connectivity index (χ3v) is 3.75. The highest BCUT2D eigenvalue weighted by atomic mass is 127. The van der Waals surface area contributed by atoms with E-state index in [0.29, 0.717) is 11.9 Å². The molecule has 124 valence electrons. The normalized spacial score (nSPS) is 21.1. The molecule has 0 aliphatic carbocycles. The standard InChI is InChI=1S/C14H27N3O3.HI/c15-14(17-5-10-19-11-6-17)16-4-1-7-20-12-13-2-8-18-9-3-13;/h13H,1-12H2,(H2,15,16);1H. The van der Waals surface area contributed by atoms with Crippen LogP contribution in [0.1, 0.15) is 19.3 Å². The van der Waals surface area contributed by atoms with Crippen molar-refractivity contribution in [2.75, 3.05) is 59.3 Å². The van der Waals surface area contributed by atoms with Crippen molar-refractivity contribution in [2.45, 2.75) is 19.3 Å². The molecule has 2 aliphatic heterocycles. The van der Waals surface area contributed by atoms with Crippen LogP contribution in [-0.4, -0.2) is 70.1 Å². The minimum atomic E-state index is 0. The highest BCUT2D eigenvalue weighted by molar-refractivity contribution is 14.0. The van der Waals surface area contributed by atoms with Gasteiger partial charge in [0.2, 0.25) is 0 Å². The number of hydrogen-bond acceptors (Lipinski definition) is 4. The van der Waals surface area contributed by atoms with Crippen molar-refractivity contribution in [1.82, 2.24) is 4.90 Å². The average Bonchev–Trinajstić information content (AvgIpc) is 2.52. The van der Waals surface area contributed by atoms with Gasteiger partial charge >= 0.3 is 0 Å². The van der Waals surface area contributed by atoms with Gasteiger partial charge in [-0.2, -0.15) is 0 Å². The first-order valence-corrected chi connectivity index (χ1v) is 7.64. The van der Waals surface area contributed by atoms with Crippen LogP contribution in [0.4, 0.5) is 0 Å². The zero-order chi connectivity index (χ0) is 14.0. The average molecular weight is 413 g/mol. The molecule has 0 spiro atoms. The van der Waals surface area contributed by atoms with Gasteiger partial charge in [-0.3, -0.25) is 4.99 Å². The summed E-state index contributed by atoms with van der Waals surface area (Å²) in [6.45, 7) is 7.28. The Labute approximate surface area is 144 Å². The van der Waals surface area contributed by atoms with Gasteiger partial charge in [-0.1, -0.05) is 0 Å². The lowest BCUT2D eigenvalue weighted by Crippen LogP contribution is -2.44. The van der Waals surface area contributed by atoms with Crippen LogP contribution < -0.4 is 5.73 Å². The number of aliphatic imine (C=N–C) groups is 1. The maximum absolute atomic E-state index is 5.95. The molecule has 0 aromatic rings. The molecule has 21 heavy (non-hydrogen) atoms. The molecule has 0 atom stereocenters. The number of halogens is 1. The Bertz CT molecular complexity index is 293. The van der Waals surface area contributed by atoms with Gasteiger partial charge in [-0.15, -0.1) is 24.0 Å². The molecule has 2 N–H and O–H groups in total. The van der Waals surface area contributed by atoms with Crippen molar-refractivity contribution >= 4 is 29.9 Å². The summed E-state index contributed by atoms with van der Waals surface area (Å²) in [5.74, 6) is 1.31. The molecule has 2 fully saturated rings. The summed E-state index contributed by atoms with van der Waals surface area (Å²) in [6, 6.07) is 0. The second-order valence-electron chi connectivity index (χ2n) is 5.32. The van der Waals surface area contributed by atoms with E-state index in [1.54, 1.807) is 0 Å². The lowest BCUT2D eigenvalue weighted by Gasteiger charge is -2.27. The predicted octanol–water partition coefficient (Wildman–Crippen LogP) is 1.08. The number of nitrogens with zero attached hydrogens (tertiary/aromatic N) is 2. The maximum atomic E-state index is 5.95. The molecule has 0 unspecified atom stereocenters. The van der Waals surface area contributed by atoms with Crippen LogP contribution in [-0.2, 0) is 14.2 Å². The van der Waals surface area contributed by atoms with Gasteiger partial charge in [0.15, 0.2) is 5.96 Å². The quantitative estimate of drug-likeness (QED) is 0.306. The molecule has 2 rings (SSSR count). The highest BCUT2D eigenvalue weighted by Gasteiger charge is 2.13. The van der Waals surface area contributed by atoms with Crippen molar-refractivity contribution < 1.29 is 14.2 Å². The summed E-state index contributed by atoms with van der Waals surface area (Å²) in [5, 5.41) is 0. The Morgan fingerprint density at radius 2 is 1.81 bits per heavy atom. The van der Waals surface area contributed by atoms with E-state index in [2.05, 4.69) is 9.89 Å². The van der Waals surface area contributed by atoms with Crippen molar-refractivity contribution in [3.63, 3.8) is 0 Å². The van der Waals surface area contributed by atoms with E-state index in [1.165, 1.54) is 0 Å². The van der Waals surface area contributed by atoms with Crippen LogP contribution >= 0.6 is 24.0 Å². The van der Waals surface area contributed by atoms with Gasteiger partial charge in [0.25, 0.3) is 0 Å². The molecule has 2 heterocycles. The highest BCUT2D eigenvalue weighted by Crippen LogP contribution is 2.14. The van der Waals surface area contributed by atoms with E-state index in [9.17, 15) is 0 Å². The Morgan fingerprint density at radius 3 is 2.52 bits per heavy atom. The monoisotopic (exact) mass is 413 g/mol. The SMILES string of the molecule is I.NC(=NCCCOCC1CCOCC1)N1CCOCC1. The third kappa shape index (κ3) is 7.62. The first kappa shape index (κ1) is 18.9. The molecule has 0 amide bonds. The lowest BCUT2D eigenvalue weighted by molar-refractivity contribution is 0.0205. The summed E-state index contributed by atoms with van der Waals surface area (Å²) < 4.78 is 16.3. The maximum Gasteiger partial charge on any atom is 0.191 e. The van der Waals surface area contributed by atoms with Crippen molar-refractivity contribution in [3.8, 4) is 0 Å². The fraction of sp³-hybridized carbons (Fsp3) is 0.929. The van der Waals surface area contributed by atoms with Gasteiger partial charge in [-0.05, 0) is 25.2 Å². The summed E-state index contributed by atoms with van der Waals surface area (Å²) in [4.78, 5) is 6.47.